The second-order valence-corrected chi connectivity index (χ2v) is 23.9. The first kappa shape index (κ1) is 63.5. The zero-order chi connectivity index (χ0) is 64.8. The topological polar surface area (TPSA) is 291 Å². The van der Waals surface area contributed by atoms with Gasteiger partial charge in [0.1, 0.15) is 53.6 Å². The number of carbonyl (C=O) groups excluding carboxylic acids is 1. The zero-order valence-corrected chi connectivity index (χ0v) is 53.4. The summed E-state index contributed by atoms with van der Waals surface area (Å²) in [5.74, 6) is 7.21. The van der Waals surface area contributed by atoms with Gasteiger partial charge in [0.2, 0.25) is 0 Å². The summed E-state index contributed by atoms with van der Waals surface area (Å²) in [7, 11) is 0. The van der Waals surface area contributed by atoms with Gasteiger partial charge >= 0.3 is 0 Å². The number of benzene rings is 7. The summed E-state index contributed by atoms with van der Waals surface area (Å²) in [5.41, 5.74) is 12.9. The Morgan fingerprint density at radius 2 is 0.968 bits per heavy atom. The van der Waals surface area contributed by atoms with Crippen LogP contribution in [0.5, 0.6) is 11.5 Å². The summed E-state index contributed by atoms with van der Waals surface area (Å²) in [6, 6.07) is 51.5. The third kappa shape index (κ3) is 15.8. The highest BCUT2D eigenvalue weighted by Gasteiger charge is 2.19. The molecule has 1 saturated heterocycles. The minimum absolute atomic E-state index is 0.0195. The highest BCUT2D eigenvalue weighted by Crippen LogP contribution is 2.35. The van der Waals surface area contributed by atoms with Crippen molar-refractivity contribution in [3.8, 4) is 79.4 Å². The molecule has 1 aliphatic rings. The van der Waals surface area contributed by atoms with E-state index in [-0.39, 0.29) is 19.1 Å². The lowest BCUT2D eigenvalue weighted by Crippen LogP contribution is -2.22. The first-order valence-corrected chi connectivity index (χ1v) is 32.0. The third-order valence-corrected chi connectivity index (χ3v) is 15.8. The molecule has 7 aromatic carbocycles. The molecule has 1 fully saturated rings. The van der Waals surface area contributed by atoms with Crippen molar-refractivity contribution >= 4 is 38.6 Å². The van der Waals surface area contributed by atoms with Gasteiger partial charge in [0.15, 0.2) is 17.5 Å². The van der Waals surface area contributed by atoms with Gasteiger partial charge < -0.3 is 24.6 Å². The van der Waals surface area contributed by atoms with E-state index in [1.807, 2.05) is 134 Å². The van der Waals surface area contributed by atoms with E-state index in [2.05, 4.69) is 139 Å². The van der Waals surface area contributed by atoms with Crippen LogP contribution in [0.25, 0.3) is 101 Å². The number of rotatable bonds is 23. The van der Waals surface area contributed by atoms with Crippen molar-refractivity contribution in [3.05, 3.63) is 186 Å². The lowest BCUT2D eigenvalue weighted by Gasteiger charge is -2.11. The number of nitrogens with zero attached hydrogens (tertiary/aromatic N) is 10. The van der Waals surface area contributed by atoms with Crippen molar-refractivity contribution in [2.75, 3.05) is 46.1 Å². The fourth-order valence-corrected chi connectivity index (χ4v) is 11.2. The van der Waals surface area contributed by atoms with Crippen LogP contribution < -0.4 is 14.8 Å². The molecule has 22 heteroatoms. The zero-order valence-electron chi connectivity index (χ0n) is 53.4. The van der Waals surface area contributed by atoms with E-state index in [1.54, 1.807) is 0 Å². The van der Waals surface area contributed by atoms with Crippen LogP contribution in [-0.4, -0.2) is 138 Å². The van der Waals surface area contributed by atoms with E-state index in [9.17, 15) is 4.79 Å². The van der Waals surface area contributed by atoms with Gasteiger partial charge in [-0.1, -0.05) is 94.4 Å². The van der Waals surface area contributed by atoms with E-state index in [0.29, 0.717) is 67.0 Å². The van der Waals surface area contributed by atoms with Crippen LogP contribution in [-0.2, 0) is 30.7 Å². The highest BCUT2D eigenvalue weighted by molar-refractivity contribution is 5.99. The molecule has 480 valence electrons. The number of likely N-dealkylation sites (tertiary alicyclic amines) is 1. The Balaban J connectivity index is 0.000000136. The number of aromatic nitrogens is 15. The second kappa shape index (κ2) is 30.2. The summed E-state index contributed by atoms with van der Waals surface area (Å²) in [6.07, 6.45) is 4.25. The van der Waals surface area contributed by atoms with Gasteiger partial charge in [0, 0.05) is 74.5 Å². The van der Waals surface area contributed by atoms with Crippen molar-refractivity contribution in [2.45, 2.75) is 73.5 Å². The predicted molar refractivity (Wildman–Crippen MR) is 364 cm³/mol. The predicted octanol–water partition coefficient (Wildman–Crippen LogP) is 12.8. The lowest BCUT2D eigenvalue weighted by atomic mass is 10.0. The quantitative estimate of drug-likeness (QED) is 0.0276. The summed E-state index contributed by atoms with van der Waals surface area (Å²) in [5, 5.41) is 60.0. The second-order valence-electron chi connectivity index (χ2n) is 23.9. The Morgan fingerprint density at radius 1 is 0.500 bits per heavy atom. The van der Waals surface area contributed by atoms with E-state index < -0.39 is 0 Å². The lowest BCUT2D eigenvalue weighted by molar-refractivity contribution is 0.0889. The standard InChI is InChI=1S/C28H29N5O2.C23H25N7O.C21H23N5O2/c1-19(2)15-26-29-28(33-31-26)22-11-12-25-24(17-22)27(32-30-25)21-9-6-10-23(16-21)35-14-13-34-18-20-7-4-3-5-8-20;1-2-24-23(31)16-7-5-15(6-8-16)21-18-13-17(9-10-19(18)26-28-21)22-25-20(27-29-22)14-30-11-3-4-12-30;1-13(2)10-19-22-21(26-24-19)15-6-7-18-17(12-15)20(25-23-18)14-4-3-5-16(11-14)28-9-8-27/h3-12,16-17,19H,13-15,18H2,1-2H3,(H,30,32)(H,29,31,33);5-10,13H,2-4,11-12,14H2,1H3,(H,24,31)(H,26,28)(H,25,27,29);3-7,11-13,27H,8-10H2,1-2H3,(H,23,25)(H,22,24,26). The average Bonchev–Trinajstić information content (AvgIpc) is 1.67. The largest absolute Gasteiger partial charge is 0.491 e. The van der Waals surface area contributed by atoms with Crippen molar-refractivity contribution in [3.63, 3.8) is 0 Å². The number of amides is 1. The molecular formula is C72H77N17O5. The third-order valence-electron chi connectivity index (χ3n) is 15.8. The first-order valence-electron chi connectivity index (χ1n) is 32.0. The summed E-state index contributed by atoms with van der Waals surface area (Å²) >= 11 is 0. The first-order chi connectivity index (χ1) is 46.0. The van der Waals surface area contributed by atoms with Crippen molar-refractivity contribution in [2.24, 2.45) is 11.8 Å². The number of aliphatic hydroxyl groups is 1. The van der Waals surface area contributed by atoms with Gasteiger partial charge in [-0.25, -0.2) is 15.0 Å². The number of fused-ring (bicyclic) bond motifs is 3. The van der Waals surface area contributed by atoms with Crippen LogP contribution in [0.4, 0.5) is 0 Å². The number of carbonyl (C=O) groups is 1. The number of H-pyrrole nitrogens is 6. The van der Waals surface area contributed by atoms with Crippen molar-refractivity contribution in [1.29, 1.82) is 0 Å². The number of aromatic amines is 6. The van der Waals surface area contributed by atoms with Crippen molar-refractivity contribution < 1.29 is 24.1 Å². The fourth-order valence-electron chi connectivity index (χ4n) is 11.2. The van der Waals surface area contributed by atoms with Gasteiger partial charge in [-0.05, 0) is 141 Å². The van der Waals surface area contributed by atoms with Crippen LogP contribution in [0, 0.1) is 11.8 Å². The van der Waals surface area contributed by atoms with Gasteiger partial charge in [-0.3, -0.25) is 40.3 Å². The Bertz CT molecular complexity index is 4590. The molecule has 0 aliphatic carbocycles. The normalized spacial score (nSPS) is 12.4. The maximum absolute atomic E-state index is 12.0. The molecule has 94 heavy (non-hydrogen) atoms. The number of nitrogens with one attached hydrogen (secondary N) is 7. The van der Waals surface area contributed by atoms with Crippen molar-refractivity contribution in [1.82, 2.24) is 86.4 Å². The molecular weight excluding hydrogens is 1180 g/mol. The van der Waals surface area contributed by atoms with E-state index in [1.165, 1.54) is 12.8 Å². The molecule has 22 nitrogen and oxygen atoms in total. The molecule has 0 radical (unpaired) electrons. The smallest absolute Gasteiger partial charge is 0.251 e. The SMILES string of the molecule is CC(C)Cc1nc(-c2ccc3[nH]nc(-c4cccc(OCCO)c4)c3c2)n[nH]1.CC(C)Cc1nc(-c2ccc3[nH]nc(-c4cccc(OCCOCc5ccccc5)c4)c3c2)n[nH]1.CCNC(=O)c1ccc(-c2n[nH]c3ccc(-c4n[nH]c(CN5CCCC5)n4)cc23)cc1. The van der Waals surface area contributed by atoms with Crippen LogP contribution in [0.15, 0.2) is 158 Å². The van der Waals surface area contributed by atoms with Crippen LogP contribution in [0.3, 0.4) is 0 Å². The number of hydrogen-bond acceptors (Lipinski definition) is 15. The minimum atomic E-state index is -0.0717. The molecule has 0 unspecified atom stereocenters. The molecule has 0 spiro atoms. The Labute approximate surface area is 543 Å². The molecule has 0 atom stereocenters. The van der Waals surface area contributed by atoms with Gasteiger partial charge in [-0.2, -0.15) is 30.6 Å². The maximum atomic E-state index is 12.0. The molecule has 7 heterocycles. The van der Waals surface area contributed by atoms with Gasteiger partial charge in [0.05, 0.1) is 48.6 Å². The number of hydrogen-bond donors (Lipinski definition) is 8. The van der Waals surface area contributed by atoms with Gasteiger partial charge in [0.25, 0.3) is 5.91 Å². The number of aliphatic hydroxyl groups excluding tert-OH is 1. The highest BCUT2D eigenvalue weighted by atomic mass is 16.5. The summed E-state index contributed by atoms with van der Waals surface area (Å²) in [4.78, 5) is 28.4. The minimum Gasteiger partial charge on any atom is -0.491 e. The molecule has 0 bridgehead atoms. The Kier molecular flexibility index (Phi) is 20.4. The Hall–Kier alpha value is -10.7. The molecule has 6 aromatic heterocycles. The molecule has 1 amide bonds. The van der Waals surface area contributed by atoms with Crippen LogP contribution in [0.1, 0.15) is 80.9 Å². The van der Waals surface area contributed by atoms with E-state index >= 15 is 0 Å². The van der Waals surface area contributed by atoms with Gasteiger partial charge in [-0.15, -0.1) is 0 Å². The Morgan fingerprint density at radius 3 is 1.46 bits per heavy atom. The summed E-state index contributed by atoms with van der Waals surface area (Å²) in [6.45, 7) is 16.0. The molecule has 0 saturated carbocycles. The maximum Gasteiger partial charge on any atom is 0.251 e. The van der Waals surface area contributed by atoms with E-state index in [4.69, 9.17) is 24.3 Å². The fraction of sp³-hybridized carbons (Fsp3) is 0.278. The molecule has 1 aliphatic heterocycles. The number of ether oxygens (including phenoxy) is 3. The molecule has 8 N–H and O–H groups in total. The molecule has 14 rings (SSSR count). The average molecular weight is 1260 g/mol. The summed E-state index contributed by atoms with van der Waals surface area (Å²) < 4.78 is 17.2. The van der Waals surface area contributed by atoms with Crippen LogP contribution >= 0.6 is 0 Å². The van der Waals surface area contributed by atoms with E-state index in [0.717, 1.165) is 144 Å². The van der Waals surface area contributed by atoms with Crippen LogP contribution in [0.2, 0.25) is 0 Å². The monoisotopic (exact) mass is 1260 g/mol. The molecule has 13 aromatic rings.